The topological polar surface area (TPSA) is 30.7 Å². The first-order valence-electron chi connectivity index (χ1n) is 8.20. The van der Waals surface area contributed by atoms with Gasteiger partial charge in [-0.2, -0.15) is 0 Å². The Morgan fingerprint density at radius 3 is 2.96 bits per heavy atom. The Bertz CT molecular complexity index is 854. The molecule has 0 fully saturated rings. The van der Waals surface area contributed by atoms with Gasteiger partial charge in [-0.05, 0) is 30.2 Å². The number of aryl methyl sites for hydroxylation is 1. The monoisotopic (exact) mass is 433 g/mol. The van der Waals surface area contributed by atoms with Crippen LogP contribution in [0.2, 0.25) is 0 Å². The Kier molecular flexibility index (Phi) is 6.51. The fourth-order valence-corrected chi connectivity index (χ4v) is 4.86. The van der Waals surface area contributed by atoms with E-state index in [1.165, 1.54) is 10.4 Å². The van der Waals surface area contributed by atoms with E-state index in [1.807, 2.05) is 12.1 Å². The third-order valence-corrected chi connectivity index (χ3v) is 6.22. The summed E-state index contributed by atoms with van der Waals surface area (Å²) in [6.07, 6.45) is 4.17. The zero-order chi connectivity index (χ0) is 17.6. The van der Waals surface area contributed by atoms with E-state index in [-0.39, 0.29) is 0 Å². The van der Waals surface area contributed by atoms with Crippen molar-refractivity contribution in [1.29, 1.82) is 0 Å². The minimum atomic E-state index is 0.710. The lowest BCUT2D eigenvalue weighted by atomic mass is 10.2. The third-order valence-electron chi connectivity index (χ3n) is 3.69. The van der Waals surface area contributed by atoms with Crippen LogP contribution in [-0.2, 0) is 18.7 Å². The van der Waals surface area contributed by atoms with Crippen LogP contribution < -0.4 is 0 Å². The van der Waals surface area contributed by atoms with Crippen molar-refractivity contribution in [3.63, 3.8) is 0 Å². The van der Waals surface area contributed by atoms with Crippen LogP contribution in [0.5, 0.6) is 0 Å². The number of hydrogen-bond donors (Lipinski definition) is 0. The summed E-state index contributed by atoms with van der Waals surface area (Å²) in [7, 11) is 0. The Labute approximate surface area is 165 Å². The SMILES string of the molecule is C=CCn1c(SCc2cccc(Br)c2)nnc1-c1csc(CCC)c1. The van der Waals surface area contributed by atoms with Gasteiger partial charge in [0.05, 0.1) is 0 Å². The molecule has 0 amide bonds. The number of halogens is 1. The summed E-state index contributed by atoms with van der Waals surface area (Å²) in [5, 5.41) is 12.0. The van der Waals surface area contributed by atoms with Crippen LogP contribution in [0.4, 0.5) is 0 Å². The fourth-order valence-electron chi connectivity index (χ4n) is 2.55. The summed E-state index contributed by atoms with van der Waals surface area (Å²) < 4.78 is 3.24. The molecule has 6 heteroatoms. The molecule has 0 saturated carbocycles. The molecule has 0 spiro atoms. The van der Waals surface area contributed by atoms with Gasteiger partial charge in [-0.25, -0.2) is 0 Å². The van der Waals surface area contributed by atoms with E-state index in [0.29, 0.717) is 6.54 Å². The van der Waals surface area contributed by atoms with Gasteiger partial charge in [-0.3, -0.25) is 4.57 Å². The molecule has 0 radical (unpaired) electrons. The Hall–Kier alpha value is -1.37. The largest absolute Gasteiger partial charge is 0.298 e. The summed E-state index contributed by atoms with van der Waals surface area (Å²) in [6.45, 7) is 6.80. The average molecular weight is 434 g/mol. The molecule has 25 heavy (non-hydrogen) atoms. The van der Waals surface area contributed by atoms with Crippen molar-refractivity contribution in [2.24, 2.45) is 0 Å². The molecule has 0 aliphatic carbocycles. The molecule has 0 aliphatic heterocycles. The van der Waals surface area contributed by atoms with Gasteiger partial charge in [-0.1, -0.05) is 59.2 Å². The minimum absolute atomic E-state index is 0.710. The quantitative estimate of drug-likeness (QED) is 0.312. The van der Waals surface area contributed by atoms with Gasteiger partial charge in [0.25, 0.3) is 0 Å². The number of rotatable bonds is 8. The molecule has 0 saturated heterocycles. The molecule has 2 aromatic heterocycles. The molecule has 0 N–H and O–H groups in total. The molecule has 0 atom stereocenters. The van der Waals surface area contributed by atoms with Crippen molar-refractivity contribution < 1.29 is 0 Å². The van der Waals surface area contributed by atoms with Crippen LogP contribution in [0, 0.1) is 0 Å². The normalized spacial score (nSPS) is 11.0. The molecular formula is C19H20BrN3S2. The molecular weight excluding hydrogens is 414 g/mol. The second kappa shape index (κ2) is 8.83. The van der Waals surface area contributed by atoms with E-state index in [1.54, 1.807) is 23.1 Å². The number of allylic oxidation sites excluding steroid dienone is 1. The van der Waals surface area contributed by atoms with Gasteiger partial charge >= 0.3 is 0 Å². The number of aromatic nitrogens is 3. The van der Waals surface area contributed by atoms with Crippen molar-refractivity contribution in [2.45, 2.75) is 37.2 Å². The highest BCUT2D eigenvalue weighted by atomic mass is 79.9. The molecule has 3 rings (SSSR count). The highest BCUT2D eigenvalue weighted by molar-refractivity contribution is 9.10. The van der Waals surface area contributed by atoms with E-state index in [9.17, 15) is 0 Å². The molecule has 1 aromatic carbocycles. The third kappa shape index (κ3) is 4.63. The van der Waals surface area contributed by atoms with Crippen LogP contribution in [0.3, 0.4) is 0 Å². The van der Waals surface area contributed by atoms with E-state index in [0.717, 1.165) is 39.6 Å². The highest BCUT2D eigenvalue weighted by Crippen LogP contribution is 2.30. The summed E-state index contributed by atoms with van der Waals surface area (Å²) in [5.74, 6) is 1.79. The zero-order valence-electron chi connectivity index (χ0n) is 14.1. The first-order valence-corrected chi connectivity index (χ1v) is 10.9. The molecule has 2 heterocycles. The Morgan fingerprint density at radius 2 is 2.20 bits per heavy atom. The van der Waals surface area contributed by atoms with Crippen molar-refractivity contribution in [1.82, 2.24) is 14.8 Å². The summed E-state index contributed by atoms with van der Waals surface area (Å²) in [4.78, 5) is 1.40. The van der Waals surface area contributed by atoms with Crippen LogP contribution in [0.1, 0.15) is 23.8 Å². The van der Waals surface area contributed by atoms with Crippen molar-refractivity contribution in [2.75, 3.05) is 0 Å². The van der Waals surface area contributed by atoms with Gasteiger partial charge in [0, 0.05) is 32.6 Å². The van der Waals surface area contributed by atoms with Crippen molar-refractivity contribution in [3.8, 4) is 11.4 Å². The van der Waals surface area contributed by atoms with Crippen molar-refractivity contribution >= 4 is 39.0 Å². The van der Waals surface area contributed by atoms with Crippen LogP contribution >= 0.6 is 39.0 Å². The molecule has 3 aromatic rings. The maximum atomic E-state index is 4.45. The molecule has 0 bridgehead atoms. The number of nitrogens with zero attached hydrogens (tertiary/aromatic N) is 3. The maximum absolute atomic E-state index is 4.45. The molecule has 130 valence electrons. The highest BCUT2D eigenvalue weighted by Gasteiger charge is 2.15. The lowest BCUT2D eigenvalue weighted by Gasteiger charge is -2.07. The number of hydrogen-bond acceptors (Lipinski definition) is 4. The van der Waals surface area contributed by atoms with Crippen LogP contribution in [-0.4, -0.2) is 14.8 Å². The van der Waals surface area contributed by atoms with Gasteiger partial charge in [0.2, 0.25) is 0 Å². The van der Waals surface area contributed by atoms with Gasteiger partial charge in [0.1, 0.15) is 0 Å². The summed E-state index contributed by atoms with van der Waals surface area (Å²) in [5.41, 5.74) is 2.41. The first kappa shape index (κ1) is 18.4. The predicted molar refractivity (Wildman–Crippen MR) is 111 cm³/mol. The van der Waals surface area contributed by atoms with Crippen LogP contribution in [0.25, 0.3) is 11.4 Å². The molecule has 0 unspecified atom stereocenters. The standard InChI is InChI=1S/C19H20BrN3S2/c1-3-6-17-11-15(13-24-17)18-21-22-19(23(18)9-4-2)25-12-14-7-5-8-16(20)10-14/h4-5,7-8,10-11,13H,2-3,6,9,12H2,1H3. The molecule has 0 aliphatic rings. The Balaban J connectivity index is 1.82. The van der Waals surface area contributed by atoms with Crippen LogP contribution in [0.15, 0.2) is 58.0 Å². The van der Waals surface area contributed by atoms with Gasteiger partial charge in [0.15, 0.2) is 11.0 Å². The second-order valence-corrected chi connectivity index (χ2v) is 8.53. The summed E-state index contributed by atoms with van der Waals surface area (Å²) in [6, 6.07) is 10.6. The second-order valence-electron chi connectivity index (χ2n) is 5.68. The average Bonchev–Trinajstić information content (AvgIpc) is 3.21. The van der Waals surface area contributed by atoms with Gasteiger partial charge < -0.3 is 0 Å². The van der Waals surface area contributed by atoms with E-state index in [2.05, 4.69) is 73.8 Å². The van der Waals surface area contributed by atoms with Crippen molar-refractivity contribution in [3.05, 3.63) is 63.3 Å². The lowest BCUT2D eigenvalue weighted by Crippen LogP contribution is -2.00. The van der Waals surface area contributed by atoms with E-state index in [4.69, 9.17) is 0 Å². The molecule has 3 nitrogen and oxygen atoms in total. The lowest BCUT2D eigenvalue weighted by molar-refractivity contribution is 0.731. The van der Waals surface area contributed by atoms with E-state index >= 15 is 0 Å². The number of thioether (sulfide) groups is 1. The summed E-state index contributed by atoms with van der Waals surface area (Å²) >= 11 is 7.03. The zero-order valence-corrected chi connectivity index (χ0v) is 17.3. The predicted octanol–water partition coefficient (Wildman–Crippen LogP) is 6.20. The van der Waals surface area contributed by atoms with Gasteiger partial charge in [-0.15, -0.1) is 28.1 Å². The minimum Gasteiger partial charge on any atom is -0.298 e. The first-order chi connectivity index (χ1) is 12.2. The number of benzene rings is 1. The van der Waals surface area contributed by atoms with E-state index < -0.39 is 0 Å². The smallest absolute Gasteiger partial charge is 0.192 e. The Morgan fingerprint density at radius 1 is 1.32 bits per heavy atom. The fraction of sp³-hybridized carbons (Fsp3) is 0.263. The number of thiophene rings is 1. The maximum Gasteiger partial charge on any atom is 0.192 e.